The van der Waals surface area contributed by atoms with Crippen LogP contribution in [0, 0.1) is 0 Å². The Morgan fingerprint density at radius 2 is 1.78 bits per heavy atom. The first-order valence-corrected chi connectivity index (χ1v) is 11.2. The molecule has 0 atom stereocenters. The van der Waals surface area contributed by atoms with E-state index >= 15 is 0 Å². The van der Waals surface area contributed by atoms with Crippen LogP contribution in [0.5, 0.6) is 11.5 Å². The van der Waals surface area contributed by atoms with Gasteiger partial charge in [0.25, 0.3) is 11.8 Å². The first kappa shape index (κ1) is 21.9. The van der Waals surface area contributed by atoms with E-state index in [0.29, 0.717) is 28.5 Å². The predicted octanol–water partition coefficient (Wildman–Crippen LogP) is 4.85. The lowest BCUT2D eigenvalue weighted by Crippen LogP contribution is -2.34. The van der Waals surface area contributed by atoms with Gasteiger partial charge in [0.2, 0.25) is 0 Å². The van der Waals surface area contributed by atoms with Gasteiger partial charge in [0.15, 0.2) is 0 Å². The molecule has 0 aliphatic carbocycles. The third-order valence-electron chi connectivity index (χ3n) is 5.14. The first-order valence-electron chi connectivity index (χ1n) is 9.89. The summed E-state index contributed by atoms with van der Waals surface area (Å²) in [6.07, 6.45) is 0.535. The second-order valence-corrected chi connectivity index (χ2v) is 8.44. The molecule has 0 radical (unpaired) electrons. The summed E-state index contributed by atoms with van der Waals surface area (Å²) in [4.78, 5) is 28.6. The average molecular weight is 469 g/mol. The molecule has 2 amide bonds. The van der Waals surface area contributed by atoms with Gasteiger partial charge in [-0.3, -0.25) is 14.5 Å². The van der Waals surface area contributed by atoms with Crippen LogP contribution in [0.15, 0.2) is 65.7 Å². The van der Waals surface area contributed by atoms with E-state index in [1.807, 2.05) is 41.8 Å². The lowest BCUT2D eigenvalue weighted by Gasteiger charge is -2.16. The normalized spacial score (nSPS) is 13.7. The molecule has 2 heterocycles. The van der Waals surface area contributed by atoms with E-state index in [1.165, 1.54) is 23.3 Å². The van der Waals surface area contributed by atoms with Crippen LogP contribution >= 0.6 is 22.9 Å². The summed E-state index contributed by atoms with van der Waals surface area (Å²) in [5.74, 6) is 0.568. The van der Waals surface area contributed by atoms with Crippen LogP contribution in [-0.4, -0.2) is 37.5 Å². The van der Waals surface area contributed by atoms with Crippen LogP contribution in [0.3, 0.4) is 0 Å². The molecule has 164 valence electrons. The highest BCUT2D eigenvalue weighted by Gasteiger charge is 2.39. The zero-order valence-corrected chi connectivity index (χ0v) is 19.1. The monoisotopic (exact) mass is 468 g/mol. The van der Waals surface area contributed by atoms with Crippen LogP contribution < -0.4 is 14.8 Å². The Morgan fingerprint density at radius 3 is 2.44 bits per heavy atom. The quantitative estimate of drug-likeness (QED) is 0.478. The number of hydrogen-bond acceptors (Lipinski definition) is 6. The number of carbonyl (C=O) groups excluding carboxylic acids is 2. The second kappa shape index (κ2) is 9.46. The molecule has 4 rings (SSSR count). The number of imide groups is 1. The number of carbonyl (C=O) groups is 2. The van der Waals surface area contributed by atoms with Crippen LogP contribution in [0.2, 0.25) is 5.02 Å². The van der Waals surface area contributed by atoms with Gasteiger partial charge >= 0.3 is 0 Å². The van der Waals surface area contributed by atoms with Gasteiger partial charge in [-0.15, -0.1) is 11.3 Å². The molecule has 8 heteroatoms. The number of benzene rings is 2. The molecule has 0 unspecified atom stereocenters. The summed E-state index contributed by atoms with van der Waals surface area (Å²) >= 11 is 7.55. The van der Waals surface area contributed by atoms with Crippen LogP contribution in [-0.2, 0) is 16.0 Å². The number of halogens is 1. The number of methoxy groups -OCH3 is 2. The highest BCUT2D eigenvalue weighted by Crippen LogP contribution is 2.36. The number of anilines is 1. The van der Waals surface area contributed by atoms with Crippen molar-refractivity contribution in [3.8, 4) is 11.5 Å². The molecule has 3 aromatic rings. The van der Waals surface area contributed by atoms with Crippen molar-refractivity contribution in [1.82, 2.24) is 4.90 Å². The third kappa shape index (κ3) is 4.35. The van der Waals surface area contributed by atoms with Crippen molar-refractivity contribution in [2.75, 3.05) is 26.1 Å². The Balaban J connectivity index is 1.63. The summed E-state index contributed by atoms with van der Waals surface area (Å²) in [7, 11) is 3.14. The fourth-order valence-electron chi connectivity index (χ4n) is 3.49. The van der Waals surface area contributed by atoms with Crippen molar-refractivity contribution >= 4 is 46.0 Å². The minimum absolute atomic E-state index is 0.216. The van der Waals surface area contributed by atoms with E-state index in [2.05, 4.69) is 5.32 Å². The van der Waals surface area contributed by atoms with Crippen molar-refractivity contribution in [1.29, 1.82) is 0 Å². The molecule has 0 saturated carbocycles. The number of nitrogens with one attached hydrogen (secondary N) is 1. The molecule has 0 saturated heterocycles. The summed E-state index contributed by atoms with van der Waals surface area (Å²) in [5, 5.41) is 5.47. The van der Waals surface area contributed by atoms with Crippen molar-refractivity contribution in [3.05, 3.63) is 81.1 Å². The predicted molar refractivity (Wildman–Crippen MR) is 126 cm³/mol. The molecule has 1 N–H and O–H groups in total. The fourth-order valence-corrected chi connectivity index (χ4v) is 4.43. The number of ether oxygens (including phenoxy) is 2. The third-order valence-corrected chi connectivity index (χ3v) is 6.26. The molecule has 1 aliphatic rings. The fraction of sp³-hybridized carbons (Fsp3) is 0.167. The van der Waals surface area contributed by atoms with E-state index in [-0.39, 0.29) is 24.1 Å². The molecule has 1 aromatic heterocycles. The molecule has 0 fully saturated rings. The molecule has 0 bridgehead atoms. The van der Waals surface area contributed by atoms with Crippen LogP contribution in [0.25, 0.3) is 5.57 Å². The smallest absolute Gasteiger partial charge is 0.278 e. The Kier molecular flexibility index (Phi) is 6.48. The Hall–Kier alpha value is -3.29. The Bertz CT molecular complexity index is 1170. The SMILES string of the molecule is COc1ccc(CCN2C(=O)C(Nc3cc(Cl)ccc3OC)=C(c3cccs3)C2=O)cc1. The standard InChI is InChI=1S/C24H21ClN2O4S/c1-30-17-8-5-15(6-9-17)11-12-27-23(28)21(20-4-3-13-32-20)22(24(27)29)26-18-14-16(25)7-10-19(18)31-2/h3-10,13-14,26H,11-12H2,1-2H3. The van der Waals surface area contributed by atoms with Gasteiger partial charge in [0.05, 0.1) is 25.5 Å². The maximum Gasteiger partial charge on any atom is 0.278 e. The lowest BCUT2D eigenvalue weighted by molar-refractivity contribution is -0.136. The number of hydrogen-bond donors (Lipinski definition) is 1. The topological polar surface area (TPSA) is 67.9 Å². The highest BCUT2D eigenvalue weighted by atomic mass is 35.5. The van der Waals surface area contributed by atoms with Crippen molar-refractivity contribution in [2.45, 2.75) is 6.42 Å². The second-order valence-electron chi connectivity index (χ2n) is 7.06. The van der Waals surface area contributed by atoms with Crippen LogP contribution in [0.1, 0.15) is 10.4 Å². The summed E-state index contributed by atoms with van der Waals surface area (Å²) in [6.45, 7) is 0.261. The number of rotatable bonds is 8. The van der Waals surface area contributed by atoms with Gasteiger partial charge in [-0.05, 0) is 53.8 Å². The van der Waals surface area contributed by atoms with E-state index in [9.17, 15) is 9.59 Å². The van der Waals surface area contributed by atoms with E-state index in [0.717, 1.165) is 16.2 Å². The van der Waals surface area contributed by atoms with Gasteiger partial charge < -0.3 is 14.8 Å². The Labute approximate surface area is 195 Å². The average Bonchev–Trinajstić information content (AvgIpc) is 3.40. The molecular weight excluding hydrogens is 448 g/mol. The molecular formula is C24H21ClN2O4S. The maximum atomic E-state index is 13.3. The summed E-state index contributed by atoms with van der Waals surface area (Å²) in [6, 6.07) is 16.3. The van der Waals surface area contributed by atoms with Gasteiger partial charge in [-0.2, -0.15) is 0 Å². The molecule has 32 heavy (non-hydrogen) atoms. The zero-order chi connectivity index (χ0) is 22.7. The minimum atomic E-state index is -0.381. The number of amides is 2. The summed E-state index contributed by atoms with van der Waals surface area (Å²) < 4.78 is 10.6. The van der Waals surface area contributed by atoms with E-state index in [4.69, 9.17) is 21.1 Å². The highest BCUT2D eigenvalue weighted by molar-refractivity contribution is 7.11. The van der Waals surface area contributed by atoms with Gasteiger partial charge in [0, 0.05) is 16.4 Å². The molecule has 0 spiro atoms. The van der Waals surface area contributed by atoms with Gasteiger partial charge in [-0.25, -0.2) is 0 Å². The van der Waals surface area contributed by atoms with E-state index < -0.39 is 0 Å². The van der Waals surface area contributed by atoms with Crippen molar-refractivity contribution in [2.24, 2.45) is 0 Å². The van der Waals surface area contributed by atoms with Gasteiger partial charge in [-0.1, -0.05) is 29.8 Å². The number of thiophene rings is 1. The molecule has 2 aromatic carbocycles. The van der Waals surface area contributed by atoms with E-state index in [1.54, 1.807) is 25.3 Å². The van der Waals surface area contributed by atoms with Crippen LogP contribution in [0.4, 0.5) is 5.69 Å². The summed E-state index contributed by atoms with van der Waals surface area (Å²) in [5.41, 5.74) is 2.08. The first-order chi connectivity index (χ1) is 15.5. The maximum absolute atomic E-state index is 13.3. The van der Waals surface area contributed by atoms with Crippen molar-refractivity contribution in [3.63, 3.8) is 0 Å². The Morgan fingerprint density at radius 1 is 1.00 bits per heavy atom. The number of nitrogens with zero attached hydrogens (tertiary/aromatic N) is 1. The largest absolute Gasteiger partial charge is 0.497 e. The van der Waals surface area contributed by atoms with Crippen molar-refractivity contribution < 1.29 is 19.1 Å². The minimum Gasteiger partial charge on any atom is -0.497 e. The molecule has 6 nitrogen and oxygen atoms in total. The lowest BCUT2D eigenvalue weighted by atomic mass is 10.1. The molecule has 1 aliphatic heterocycles. The zero-order valence-electron chi connectivity index (χ0n) is 17.6. The van der Waals surface area contributed by atoms with Gasteiger partial charge in [0.1, 0.15) is 17.2 Å².